The van der Waals surface area contributed by atoms with E-state index in [1.807, 2.05) is 6.07 Å². The van der Waals surface area contributed by atoms with Crippen molar-refractivity contribution in [2.24, 2.45) is 5.92 Å². The normalized spacial score (nSPS) is 13.3. The molecule has 1 heterocycles. The van der Waals surface area contributed by atoms with Gasteiger partial charge in [0, 0.05) is 24.0 Å². The molecule has 21 heavy (non-hydrogen) atoms. The van der Waals surface area contributed by atoms with E-state index in [-0.39, 0.29) is 23.4 Å². The van der Waals surface area contributed by atoms with Crippen molar-refractivity contribution in [2.75, 3.05) is 5.32 Å². The van der Waals surface area contributed by atoms with Gasteiger partial charge in [-0.15, -0.1) is 0 Å². The second-order valence-corrected chi connectivity index (χ2v) is 4.71. The van der Waals surface area contributed by atoms with Gasteiger partial charge in [-0.05, 0) is 37.1 Å². The summed E-state index contributed by atoms with van der Waals surface area (Å²) in [6, 6.07) is 8.83. The number of rotatable bonds is 4. The van der Waals surface area contributed by atoms with Gasteiger partial charge in [-0.2, -0.15) is 5.26 Å². The lowest BCUT2D eigenvalue weighted by Crippen LogP contribution is -2.12. The van der Waals surface area contributed by atoms with E-state index in [1.165, 1.54) is 12.4 Å². The van der Waals surface area contributed by atoms with E-state index in [2.05, 4.69) is 15.3 Å². The van der Waals surface area contributed by atoms with Crippen molar-refractivity contribution in [1.29, 1.82) is 5.26 Å². The number of amides is 1. The monoisotopic (exact) mass is 280 g/mol. The molecule has 6 nitrogen and oxygen atoms in total. The first-order chi connectivity index (χ1) is 10.3. The van der Waals surface area contributed by atoms with Gasteiger partial charge in [0.25, 0.3) is 5.88 Å². The van der Waals surface area contributed by atoms with Gasteiger partial charge in [-0.3, -0.25) is 4.79 Å². The Morgan fingerprint density at radius 2 is 1.95 bits per heavy atom. The van der Waals surface area contributed by atoms with Crippen LogP contribution in [0.3, 0.4) is 0 Å². The zero-order valence-electron chi connectivity index (χ0n) is 11.1. The number of nitrogens with one attached hydrogen (secondary N) is 1. The van der Waals surface area contributed by atoms with E-state index in [0.29, 0.717) is 5.75 Å². The number of anilines is 1. The highest BCUT2D eigenvalue weighted by molar-refractivity contribution is 5.94. The van der Waals surface area contributed by atoms with Crippen LogP contribution in [-0.2, 0) is 4.79 Å². The molecule has 0 spiro atoms. The highest BCUT2D eigenvalue weighted by atomic mass is 16.5. The van der Waals surface area contributed by atoms with Crippen molar-refractivity contribution >= 4 is 11.6 Å². The van der Waals surface area contributed by atoms with E-state index in [4.69, 9.17) is 10.00 Å². The van der Waals surface area contributed by atoms with Crippen LogP contribution in [0.25, 0.3) is 0 Å². The smallest absolute Gasteiger partial charge is 0.256 e. The number of carbonyl (C=O) groups excluding carboxylic acids is 1. The van der Waals surface area contributed by atoms with Crippen LogP contribution in [0.4, 0.5) is 5.69 Å². The standard InChI is InChI=1S/C15H12N4O2/c16-9-13-15(18-8-7-17-13)21-12-5-3-11(4-6-12)19-14(20)10-1-2-10/h3-8,10H,1-2H2,(H,19,20). The Bertz CT molecular complexity index is 702. The van der Waals surface area contributed by atoms with Gasteiger partial charge >= 0.3 is 0 Å². The first-order valence-corrected chi connectivity index (χ1v) is 6.56. The summed E-state index contributed by atoms with van der Waals surface area (Å²) in [5.41, 5.74) is 0.850. The fourth-order valence-electron chi connectivity index (χ4n) is 1.78. The third-order valence-corrected chi connectivity index (χ3v) is 3.06. The minimum Gasteiger partial charge on any atom is -0.436 e. The molecule has 2 aromatic rings. The van der Waals surface area contributed by atoms with E-state index in [1.54, 1.807) is 24.3 Å². The van der Waals surface area contributed by atoms with Crippen molar-refractivity contribution in [2.45, 2.75) is 12.8 Å². The molecule has 1 fully saturated rings. The van der Waals surface area contributed by atoms with Gasteiger partial charge in [-0.25, -0.2) is 9.97 Å². The fraction of sp³-hybridized carbons (Fsp3) is 0.200. The average Bonchev–Trinajstić information content (AvgIpc) is 3.34. The van der Waals surface area contributed by atoms with Gasteiger partial charge in [-0.1, -0.05) is 0 Å². The quantitative estimate of drug-likeness (QED) is 0.929. The van der Waals surface area contributed by atoms with Crippen LogP contribution >= 0.6 is 0 Å². The van der Waals surface area contributed by atoms with E-state index < -0.39 is 0 Å². The number of hydrogen-bond acceptors (Lipinski definition) is 5. The van der Waals surface area contributed by atoms with Gasteiger partial charge in [0.1, 0.15) is 11.8 Å². The maximum absolute atomic E-state index is 11.6. The molecule has 0 saturated heterocycles. The highest BCUT2D eigenvalue weighted by Gasteiger charge is 2.29. The second-order valence-electron chi connectivity index (χ2n) is 4.71. The molecule has 0 radical (unpaired) electrons. The van der Waals surface area contributed by atoms with Crippen molar-refractivity contribution in [3.63, 3.8) is 0 Å². The highest BCUT2D eigenvalue weighted by Crippen LogP contribution is 2.30. The number of aromatic nitrogens is 2. The van der Waals surface area contributed by atoms with Gasteiger partial charge in [0.2, 0.25) is 11.6 Å². The Balaban J connectivity index is 1.69. The van der Waals surface area contributed by atoms with E-state index in [0.717, 1.165) is 18.5 Å². The number of nitrogens with zero attached hydrogens (tertiary/aromatic N) is 3. The van der Waals surface area contributed by atoms with Crippen molar-refractivity contribution in [3.8, 4) is 17.7 Å². The van der Waals surface area contributed by atoms with Crippen molar-refractivity contribution in [1.82, 2.24) is 9.97 Å². The Morgan fingerprint density at radius 3 is 2.62 bits per heavy atom. The third kappa shape index (κ3) is 3.15. The molecule has 0 bridgehead atoms. The SMILES string of the molecule is N#Cc1nccnc1Oc1ccc(NC(=O)C2CC2)cc1. The fourth-order valence-corrected chi connectivity index (χ4v) is 1.78. The molecule has 104 valence electrons. The lowest BCUT2D eigenvalue weighted by molar-refractivity contribution is -0.117. The minimum atomic E-state index is 0.0596. The largest absolute Gasteiger partial charge is 0.436 e. The van der Waals surface area contributed by atoms with Gasteiger partial charge in [0.15, 0.2) is 0 Å². The predicted molar refractivity (Wildman–Crippen MR) is 74.6 cm³/mol. The lowest BCUT2D eigenvalue weighted by Gasteiger charge is -2.07. The first-order valence-electron chi connectivity index (χ1n) is 6.56. The first kappa shape index (κ1) is 13.1. The molecule has 1 aliphatic carbocycles. The van der Waals surface area contributed by atoms with Gasteiger partial charge < -0.3 is 10.1 Å². The van der Waals surface area contributed by atoms with Crippen molar-refractivity contribution < 1.29 is 9.53 Å². The molecule has 0 atom stereocenters. The summed E-state index contributed by atoms with van der Waals surface area (Å²) in [6.45, 7) is 0. The van der Waals surface area contributed by atoms with Crippen LogP contribution in [0.2, 0.25) is 0 Å². The van der Waals surface area contributed by atoms with Crippen LogP contribution in [0.5, 0.6) is 11.6 Å². The topological polar surface area (TPSA) is 87.9 Å². The Kier molecular flexibility index (Phi) is 3.48. The summed E-state index contributed by atoms with van der Waals surface area (Å²) >= 11 is 0. The van der Waals surface area contributed by atoms with Crippen LogP contribution in [0.15, 0.2) is 36.7 Å². The number of carbonyl (C=O) groups is 1. The van der Waals surface area contributed by atoms with E-state index in [9.17, 15) is 4.79 Å². The van der Waals surface area contributed by atoms with Crippen molar-refractivity contribution in [3.05, 3.63) is 42.4 Å². The number of nitriles is 1. The summed E-state index contributed by atoms with van der Waals surface area (Å²) in [4.78, 5) is 19.5. The minimum absolute atomic E-state index is 0.0596. The molecular weight excluding hydrogens is 268 g/mol. The molecule has 3 rings (SSSR count). The third-order valence-electron chi connectivity index (χ3n) is 3.06. The van der Waals surface area contributed by atoms with Crippen LogP contribution < -0.4 is 10.1 Å². The summed E-state index contributed by atoms with van der Waals surface area (Å²) in [5, 5.41) is 11.8. The number of hydrogen-bond donors (Lipinski definition) is 1. The Hall–Kier alpha value is -2.94. The zero-order chi connectivity index (χ0) is 14.7. The molecule has 1 aromatic heterocycles. The summed E-state index contributed by atoms with van der Waals surface area (Å²) < 4.78 is 5.51. The lowest BCUT2D eigenvalue weighted by atomic mass is 10.3. The maximum atomic E-state index is 11.6. The second kappa shape index (κ2) is 5.59. The molecule has 0 unspecified atom stereocenters. The van der Waals surface area contributed by atoms with Crippen LogP contribution in [0, 0.1) is 17.2 Å². The molecule has 6 heteroatoms. The average molecular weight is 280 g/mol. The molecule has 0 aliphatic heterocycles. The zero-order valence-corrected chi connectivity index (χ0v) is 11.1. The summed E-state index contributed by atoms with van der Waals surface area (Å²) in [5.74, 6) is 0.911. The number of benzene rings is 1. The van der Waals surface area contributed by atoms with Gasteiger partial charge in [0.05, 0.1) is 0 Å². The number of ether oxygens (including phenoxy) is 1. The van der Waals surface area contributed by atoms with E-state index >= 15 is 0 Å². The molecule has 1 amide bonds. The summed E-state index contributed by atoms with van der Waals surface area (Å²) in [6.07, 6.45) is 4.83. The predicted octanol–water partition coefficient (Wildman–Crippen LogP) is 2.49. The maximum Gasteiger partial charge on any atom is 0.256 e. The molecule has 1 saturated carbocycles. The summed E-state index contributed by atoms with van der Waals surface area (Å²) in [7, 11) is 0. The van der Waals surface area contributed by atoms with Crippen LogP contribution in [0.1, 0.15) is 18.5 Å². The molecule has 1 aromatic carbocycles. The Morgan fingerprint density at radius 1 is 1.24 bits per heavy atom. The molecular formula is C15H12N4O2. The molecule has 1 N–H and O–H groups in total. The Labute approximate surface area is 121 Å². The molecule has 1 aliphatic rings. The van der Waals surface area contributed by atoms with Crippen LogP contribution in [-0.4, -0.2) is 15.9 Å².